The Bertz CT molecular complexity index is 452. The molecule has 0 bridgehead atoms. The molecule has 0 N–H and O–H groups in total. The zero-order chi connectivity index (χ0) is 11.2. The highest BCUT2D eigenvalue weighted by Gasteiger charge is 2.62. The lowest BCUT2D eigenvalue weighted by Gasteiger charge is -2.55. The van der Waals surface area contributed by atoms with Crippen LogP contribution in [0.15, 0.2) is 11.4 Å². The number of thiophene rings is 1. The molecule has 1 aromatic rings. The lowest BCUT2D eigenvalue weighted by atomic mass is 9.60. The van der Waals surface area contributed by atoms with Crippen molar-refractivity contribution in [3.63, 3.8) is 0 Å². The molecule has 3 heterocycles. The molecular weight excluding hydrogens is 222 g/mol. The van der Waals surface area contributed by atoms with Gasteiger partial charge in [0.15, 0.2) is 0 Å². The molecule has 2 saturated heterocycles. The van der Waals surface area contributed by atoms with Gasteiger partial charge in [0.2, 0.25) is 0 Å². The van der Waals surface area contributed by atoms with E-state index in [9.17, 15) is 5.26 Å². The minimum absolute atomic E-state index is 0.113. The van der Waals surface area contributed by atoms with E-state index >= 15 is 0 Å². The van der Waals surface area contributed by atoms with Crippen molar-refractivity contribution in [2.75, 3.05) is 26.4 Å². The largest absolute Gasteiger partial charge is 0.379 e. The van der Waals surface area contributed by atoms with Crippen molar-refractivity contribution in [3.05, 3.63) is 21.9 Å². The second kappa shape index (κ2) is 3.30. The summed E-state index contributed by atoms with van der Waals surface area (Å²) in [7, 11) is 0. The summed E-state index contributed by atoms with van der Waals surface area (Å²) in [5.74, 6) is 0. The summed E-state index contributed by atoms with van der Waals surface area (Å²) in [5, 5.41) is 11.5. The van der Waals surface area contributed by atoms with Crippen molar-refractivity contribution in [2.24, 2.45) is 5.41 Å². The molecule has 0 aromatic carbocycles. The van der Waals surface area contributed by atoms with Gasteiger partial charge in [-0.1, -0.05) is 0 Å². The molecule has 0 unspecified atom stereocenters. The van der Waals surface area contributed by atoms with E-state index in [0.717, 1.165) is 0 Å². The number of nitriles is 1. The maximum Gasteiger partial charge on any atom is 0.119 e. The summed E-state index contributed by atoms with van der Waals surface area (Å²) in [6.07, 6.45) is 0. The summed E-state index contributed by atoms with van der Waals surface area (Å²) in [6, 6.07) is 4.59. The van der Waals surface area contributed by atoms with Crippen LogP contribution in [0.1, 0.15) is 10.4 Å². The van der Waals surface area contributed by atoms with Crippen molar-refractivity contribution in [1.82, 2.24) is 0 Å². The maximum atomic E-state index is 9.45. The molecule has 0 atom stereocenters. The molecule has 3 nitrogen and oxygen atoms in total. The molecule has 0 aliphatic carbocycles. The number of hydrogen-bond donors (Lipinski definition) is 0. The monoisotopic (exact) mass is 235 g/mol. The van der Waals surface area contributed by atoms with Gasteiger partial charge in [-0.25, -0.2) is 0 Å². The van der Waals surface area contributed by atoms with Crippen molar-refractivity contribution in [3.8, 4) is 6.07 Å². The van der Waals surface area contributed by atoms with E-state index < -0.39 is 0 Å². The van der Waals surface area contributed by atoms with Gasteiger partial charge in [-0.2, -0.15) is 5.26 Å². The molecule has 0 radical (unpaired) electrons. The first-order chi connectivity index (χ1) is 7.74. The Morgan fingerprint density at radius 3 is 2.31 bits per heavy atom. The highest BCUT2D eigenvalue weighted by molar-refractivity contribution is 7.10. The number of nitrogens with zero attached hydrogens (tertiary/aromatic N) is 1. The Balaban J connectivity index is 2.08. The van der Waals surface area contributed by atoms with Gasteiger partial charge in [-0.05, 0) is 23.9 Å². The average Bonchev–Trinajstić information content (AvgIpc) is 2.55. The minimum Gasteiger partial charge on any atom is -0.379 e. The van der Waals surface area contributed by atoms with Gasteiger partial charge in [0.25, 0.3) is 0 Å². The number of ether oxygens (including phenoxy) is 2. The zero-order valence-electron chi connectivity index (χ0n) is 9.16. The summed E-state index contributed by atoms with van der Waals surface area (Å²) in [4.78, 5) is 1.31. The van der Waals surface area contributed by atoms with E-state index in [2.05, 4.69) is 24.4 Å². The summed E-state index contributed by atoms with van der Waals surface area (Å²) >= 11 is 1.74. The standard InChI is InChI=1S/C12H13NO2S/c1-9-2-3-16-10(9)12(7-15-8-12)11(4-13)5-14-6-11/h2-3H,5-8H2,1H3. The molecule has 2 aliphatic heterocycles. The predicted octanol–water partition coefficient (Wildman–Crippen LogP) is 1.86. The fourth-order valence-electron chi connectivity index (χ4n) is 2.55. The molecule has 16 heavy (non-hydrogen) atoms. The maximum absolute atomic E-state index is 9.45. The van der Waals surface area contributed by atoms with Crippen LogP contribution in [0, 0.1) is 23.7 Å². The Kier molecular flexibility index (Phi) is 2.12. The molecular formula is C12H13NO2S. The lowest BCUT2D eigenvalue weighted by Crippen LogP contribution is -2.66. The molecule has 0 spiro atoms. The van der Waals surface area contributed by atoms with Crippen LogP contribution in [-0.4, -0.2) is 26.4 Å². The number of hydrogen-bond acceptors (Lipinski definition) is 4. The van der Waals surface area contributed by atoms with Crippen LogP contribution in [0.4, 0.5) is 0 Å². The first-order valence-electron chi connectivity index (χ1n) is 5.35. The van der Waals surface area contributed by atoms with Gasteiger partial charge < -0.3 is 9.47 Å². The van der Waals surface area contributed by atoms with E-state index in [1.54, 1.807) is 11.3 Å². The Morgan fingerprint density at radius 1 is 1.31 bits per heavy atom. The lowest BCUT2D eigenvalue weighted by molar-refractivity contribution is -0.200. The van der Waals surface area contributed by atoms with E-state index in [0.29, 0.717) is 26.4 Å². The third-order valence-electron chi connectivity index (χ3n) is 3.82. The Hall–Kier alpha value is -0.890. The first-order valence-corrected chi connectivity index (χ1v) is 6.23. The molecule has 0 saturated carbocycles. The van der Waals surface area contributed by atoms with Crippen molar-refractivity contribution in [2.45, 2.75) is 12.3 Å². The fraction of sp³-hybridized carbons (Fsp3) is 0.583. The van der Waals surface area contributed by atoms with E-state index in [4.69, 9.17) is 9.47 Å². The van der Waals surface area contributed by atoms with Crippen molar-refractivity contribution >= 4 is 11.3 Å². The smallest absolute Gasteiger partial charge is 0.119 e. The van der Waals surface area contributed by atoms with Gasteiger partial charge in [0.1, 0.15) is 5.41 Å². The average molecular weight is 235 g/mol. The molecule has 1 aromatic heterocycles. The normalized spacial score (nSPS) is 25.2. The van der Waals surface area contributed by atoms with Gasteiger partial charge in [-0.15, -0.1) is 11.3 Å². The minimum atomic E-state index is -0.360. The summed E-state index contributed by atoms with van der Waals surface area (Å²) in [5.41, 5.74) is 0.800. The molecule has 0 amide bonds. The third kappa shape index (κ3) is 1.03. The second-order valence-corrected chi connectivity index (χ2v) is 5.61. The Labute approximate surface area is 98.6 Å². The van der Waals surface area contributed by atoms with Crippen molar-refractivity contribution in [1.29, 1.82) is 5.26 Å². The molecule has 4 heteroatoms. The summed E-state index contributed by atoms with van der Waals surface area (Å²) in [6.45, 7) is 4.52. The van der Waals surface area contributed by atoms with E-state index in [1.165, 1.54) is 10.4 Å². The number of aryl methyl sites for hydroxylation is 1. The molecule has 84 valence electrons. The topological polar surface area (TPSA) is 42.2 Å². The first kappa shape index (κ1) is 10.3. The van der Waals surface area contributed by atoms with Crippen LogP contribution in [0.2, 0.25) is 0 Å². The van der Waals surface area contributed by atoms with E-state index in [-0.39, 0.29) is 10.8 Å². The van der Waals surface area contributed by atoms with E-state index in [1.807, 2.05) is 0 Å². The third-order valence-corrected chi connectivity index (χ3v) is 5.04. The van der Waals surface area contributed by atoms with Crippen molar-refractivity contribution < 1.29 is 9.47 Å². The van der Waals surface area contributed by atoms with Crippen LogP contribution in [0.3, 0.4) is 0 Å². The highest BCUT2D eigenvalue weighted by Crippen LogP contribution is 2.53. The van der Waals surface area contributed by atoms with Gasteiger partial charge in [-0.3, -0.25) is 0 Å². The predicted molar refractivity (Wildman–Crippen MR) is 60.4 cm³/mol. The second-order valence-electron chi connectivity index (χ2n) is 4.69. The van der Waals surface area contributed by atoms with Crippen LogP contribution in [-0.2, 0) is 14.9 Å². The number of rotatable bonds is 2. The molecule has 2 aliphatic rings. The van der Waals surface area contributed by atoms with Crippen LogP contribution >= 0.6 is 11.3 Å². The quantitative estimate of drug-likeness (QED) is 0.785. The van der Waals surface area contributed by atoms with Crippen LogP contribution in [0.25, 0.3) is 0 Å². The zero-order valence-corrected chi connectivity index (χ0v) is 9.97. The summed E-state index contributed by atoms with van der Waals surface area (Å²) < 4.78 is 10.7. The fourth-order valence-corrected chi connectivity index (χ4v) is 3.75. The van der Waals surface area contributed by atoms with Crippen LogP contribution in [0.5, 0.6) is 0 Å². The Morgan fingerprint density at radius 2 is 2.00 bits per heavy atom. The van der Waals surface area contributed by atoms with Gasteiger partial charge >= 0.3 is 0 Å². The van der Waals surface area contributed by atoms with Crippen LogP contribution < -0.4 is 0 Å². The molecule has 2 fully saturated rings. The van der Waals surface area contributed by atoms with Gasteiger partial charge in [0.05, 0.1) is 37.9 Å². The molecule has 3 rings (SSSR count). The van der Waals surface area contributed by atoms with Gasteiger partial charge in [0, 0.05) is 4.88 Å². The SMILES string of the molecule is Cc1ccsc1C1(C2(C#N)COC2)COC1. The highest BCUT2D eigenvalue weighted by atomic mass is 32.1.